The van der Waals surface area contributed by atoms with E-state index in [9.17, 15) is 9.59 Å². The molecule has 8 heteroatoms. The standard InChI is InChI=1S/C22H29N5O3/c1-22-9-12-27(21(29)30-4)18(22)6-5-16(14-22)25(2)20-24-17(13-19(28)26(20)3)15-7-10-23-11-8-15/h7-8,10-11,13,16,18H,5-6,9,12,14H2,1-4H3/t16-,18+,22?/m0/s1. The number of likely N-dealkylation sites (tertiary alicyclic amines) is 1. The van der Waals surface area contributed by atoms with Crippen molar-refractivity contribution in [2.45, 2.75) is 44.7 Å². The maximum absolute atomic E-state index is 12.6. The fourth-order valence-electron chi connectivity index (χ4n) is 5.15. The fourth-order valence-corrected chi connectivity index (χ4v) is 5.15. The molecule has 0 N–H and O–H groups in total. The molecule has 2 aromatic heterocycles. The second-order valence-electron chi connectivity index (χ2n) is 8.70. The topological polar surface area (TPSA) is 80.6 Å². The summed E-state index contributed by atoms with van der Waals surface area (Å²) in [5.41, 5.74) is 1.47. The first kappa shape index (κ1) is 20.4. The average Bonchev–Trinajstić information content (AvgIpc) is 3.11. The van der Waals surface area contributed by atoms with E-state index in [0.29, 0.717) is 11.6 Å². The number of carbonyl (C=O) groups excluding carboxylic acids is 1. The van der Waals surface area contributed by atoms with Gasteiger partial charge in [-0.1, -0.05) is 6.92 Å². The van der Waals surface area contributed by atoms with Crippen LogP contribution < -0.4 is 10.5 Å². The Hall–Kier alpha value is -2.90. The third kappa shape index (κ3) is 3.44. The van der Waals surface area contributed by atoms with Crippen molar-refractivity contribution in [1.82, 2.24) is 19.4 Å². The van der Waals surface area contributed by atoms with Gasteiger partial charge in [-0.05, 0) is 43.2 Å². The van der Waals surface area contributed by atoms with Gasteiger partial charge in [0.1, 0.15) is 0 Å². The van der Waals surface area contributed by atoms with Crippen LogP contribution in [0.25, 0.3) is 11.3 Å². The number of anilines is 1. The maximum Gasteiger partial charge on any atom is 0.409 e. The van der Waals surface area contributed by atoms with Crippen molar-refractivity contribution in [3.63, 3.8) is 0 Å². The number of hydrogen-bond donors (Lipinski definition) is 0. The first-order valence-corrected chi connectivity index (χ1v) is 10.4. The molecule has 3 heterocycles. The zero-order valence-electron chi connectivity index (χ0n) is 18.0. The molecular weight excluding hydrogens is 382 g/mol. The Morgan fingerprint density at radius 2 is 2.03 bits per heavy atom. The van der Waals surface area contributed by atoms with Crippen molar-refractivity contribution >= 4 is 12.0 Å². The molecule has 2 fully saturated rings. The fraction of sp³-hybridized carbons (Fsp3) is 0.545. The predicted octanol–water partition coefficient (Wildman–Crippen LogP) is 2.68. The van der Waals surface area contributed by atoms with Crippen LogP contribution in [-0.2, 0) is 11.8 Å². The first-order valence-electron chi connectivity index (χ1n) is 10.4. The molecule has 4 rings (SSSR count). The lowest BCUT2D eigenvalue weighted by Crippen LogP contribution is -2.50. The van der Waals surface area contributed by atoms with Crippen LogP contribution in [0.15, 0.2) is 35.4 Å². The molecular formula is C22H29N5O3. The Kier molecular flexibility index (Phi) is 5.26. The molecule has 1 saturated heterocycles. The predicted molar refractivity (Wildman–Crippen MR) is 114 cm³/mol. The van der Waals surface area contributed by atoms with Gasteiger partial charge < -0.3 is 14.5 Å². The largest absolute Gasteiger partial charge is 0.453 e. The van der Waals surface area contributed by atoms with Crippen LogP contribution in [0.2, 0.25) is 0 Å². The lowest BCUT2D eigenvalue weighted by Gasteiger charge is -2.45. The van der Waals surface area contributed by atoms with Crippen LogP contribution in [0, 0.1) is 5.41 Å². The molecule has 0 radical (unpaired) electrons. The van der Waals surface area contributed by atoms with Crippen LogP contribution in [0.4, 0.5) is 10.7 Å². The molecule has 3 atom stereocenters. The minimum atomic E-state index is -0.232. The number of ether oxygens (including phenoxy) is 1. The van der Waals surface area contributed by atoms with Gasteiger partial charge in [0, 0.05) is 56.7 Å². The van der Waals surface area contributed by atoms with E-state index in [-0.39, 0.29) is 29.2 Å². The Bertz CT molecular complexity index is 992. The third-order valence-electron chi connectivity index (χ3n) is 6.94. The van der Waals surface area contributed by atoms with Gasteiger partial charge in [0.05, 0.1) is 12.8 Å². The number of pyridine rings is 1. The molecule has 1 saturated carbocycles. The smallest absolute Gasteiger partial charge is 0.409 e. The minimum Gasteiger partial charge on any atom is -0.453 e. The van der Waals surface area contributed by atoms with Crippen molar-refractivity contribution in [3.05, 3.63) is 40.9 Å². The third-order valence-corrected chi connectivity index (χ3v) is 6.94. The number of carbonyl (C=O) groups is 1. The summed E-state index contributed by atoms with van der Waals surface area (Å²) in [6.07, 6.45) is 6.92. The normalized spacial score (nSPS) is 25.7. The summed E-state index contributed by atoms with van der Waals surface area (Å²) in [5, 5.41) is 0. The van der Waals surface area contributed by atoms with Gasteiger partial charge in [-0.3, -0.25) is 14.3 Å². The van der Waals surface area contributed by atoms with E-state index in [0.717, 1.165) is 37.8 Å². The summed E-state index contributed by atoms with van der Waals surface area (Å²) >= 11 is 0. The minimum absolute atomic E-state index is 0.0347. The summed E-state index contributed by atoms with van der Waals surface area (Å²) in [7, 11) is 5.22. The molecule has 1 amide bonds. The summed E-state index contributed by atoms with van der Waals surface area (Å²) in [5.74, 6) is 0.657. The van der Waals surface area contributed by atoms with Crippen LogP contribution >= 0.6 is 0 Å². The second kappa shape index (κ2) is 7.74. The lowest BCUT2D eigenvalue weighted by molar-refractivity contribution is 0.0786. The van der Waals surface area contributed by atoms with E-state index >= 15 is 0 Å². The van der Waals surface area contributed by atoms with Gasteiger partial charge in [-0.25, -0.2) is 9.78 Å². The SMILES string of the molecule is COC(=O)N1CCC2(C)C[C@@H](N(C)c3nc(-c4ccncc4)cc(=O)n3C)CC[C@@H]12. The molecule has 0 bridgehead atoms. The van der Waals surface area contributed by atoms with Crippen molar-refractivity contribution in [1.29, 1.82) is 0 Å². The number of methoxy groups -OCH3 is 1. The molecule has 160 valence electrons. The molecule has 0 spiro atoms. The Balaban J connectivity index is 1.60. The number of nitrogens with zero attached hydrogens (tertiary/aromatic N) is 5. The van der Waals surface area contributed by atoms with E-state index in [4.69, 9.17) is 9.72 Å². The molecule has 2 aliphatic rings. The number of rotatable bonds is 3. The number of aromatic nitrogens is 3. The zero-order valence-corrected chi connectivity index (χ0v) is 18.0. The zero-order chi connectivity index (χ0) is 21.5. The molecule has 1 aliphatic heterocycles. The summed E-state index contributed by atoms with van der Waals surface area (Å²) < 4.78 is 6.59. The Morgan fingerprint density at radius 3 is 2.73 bits per heavy atom. The number of hydrogen-bond acceptors (Lipinski definition) is 6. The summed E-state index contributed by atoms with van der Waals surface area (Å²) in [4.78, 5) is 37.7. The van der Waals surface area contributed by atoms with E-state index in [1.807, 2.05) is 24.1 Å². The van der Waals surface area contributed by atoms with E-state index in [1.165, 1.54) is 7.11 Å². The first-order chi connectivity index (χ1) is 14.3. The molecule has 0 aromatic carbocycles. The van der Waals surface area contributed by atoms with Gasteiger partial charge in [-0.15, -0.1) is 0 Å². The van der Waals surface area contributed by atoms with Crippen molar-refractivity contribution < 1.29 is 9.53 Å². The molecule has 8 nitrogen and oxygen atoms in total. The van der Waals surface area contributed by atoms with E-state index in [1.54, 1.807) is 30.1 Å². The van der Waals surface area contributed by atoms with Gasteiger partial charge >= 0.3 is 6.09 Å². The number of amides is 1. The highest BCUT2D eigenvalue weighted by Gasteiger charge is 2.50. The Morgan fingerprint density at radius 1 is 1.30 bits per heavy atom. The van der Waals surface area contributed by atoms with Gasteiger partial charge in [0.15, 0.2) is 0 Å². The highest BCUT2D eigenvalue weighted by molar-refractivity contribution is 5.68. The highest BCUT2D eigenvalue weighted by Crippen LogP contribution is 2.48. The molecule has 2 aromatic rings. The Labute approximate surface area is 176 Å². The van der Waals surface area contributed by atoms with Crippen LogP contribution in [-0.4, -0.2) is 58.3 Å². The lowest BCUT2D eigenvalue weighted by atomic mass is 9.70. The van der Waals surface area contributed by atoms with Crippen molar-refractivity contribution in [2.24, 2.45) is 12.5 Å². The molecule has 30 heavy (non-hydrogen) atoms. The van der Waals surface area contributed by atoms with E-state index in [2.05, 4.69) is 16.8 Å². The molecule has 1 unspecified atom stereocenters. The summed E-state index contributed by atoms with van der Waals surface area (Å²) in [6, 6.07) is 5.73. The van der Waals surface area contributed by atoms with Crippen molar-refractivity contribution in [3.8, 4) is 11.3 Å². The summed E-state index contributed by atoms with van der Waals surface area (Å²) in [6.45, 7) is 3.00. The van der Waals surface area contributed by atoms with E-state index < -0.39 is 0 Å². The van der Waals surface area contributed by atoms with Crippen molar-refractivity contribution in [2.75, 3.05) is 25.6 Å². The van der Waals surface area contributed by atoms with Gasteiger partial charge in [0.2, 0.25) is 5.95 Å². The quantitative estimate of drug-likeness (QED) is 0.773. The second-order valence-corrected chi connectivity index (χ2v) is 8.70. The monoisotopic (exact) mass is 411 g/mol. The van der Waals surface area contributed by atoms with Crippen LogP contribution in [0.1, 0.15) is 32.6 Å². The number of fused-ring (bicyclic) bond motifs is 1. The molecule has 1 aliphatic carbocycles. The van der Waals surface area contributed by atoms with Crippen LogP contribution in [0.3, 0.4) is 0 Å². The highest BCUT2D eigenvalue weighted by atomic mass is 16.5. The van der Waals surface area contributed by atoms with Gasteiger partial charge in [0.25, 0.3) is 5.56 Å². The van der Waals surface area contributed by atoms with Crippen LogP contribution in [0.5, 0.6) is 0 Å². The average molecular weight is 412 g/mol. The van der Waals surface area contributed by atoms with Gasteiger partial charge in [-0.2, -0.15) is 0 Å². The maximum atomic E-state index is 12.6.